The van der Waals surface area contributed by atoms with Crippen LogP contribution in [-0.2, 0) is 4.74 Å². The van der Waals surface area contributed by atoms with Crippen LogP contribution >= 0.6 is 0 Å². The molecule has 2 N–H and O–H groups in total. The summed E-state index contributed by atoms with van der Waals surface area (Å²) in [6.07, 6.45) is 0.113. The number of carbonyl (C=O) groups excluding carboxylic acids is 1. The summed E-state index contributed by atoms with van der Waals surface area (Å²) in [4.78, 5) is 18.4. The number of aromatic nitrogens is 3. The summed E-state index contributed by atoms with van der Waals surface area (Å²) in [5.74, 6) is 1.42. The summed E-state index contributed by atoms with van der Waals surface area (Å²) in [7, 11) is 0. The Kier molecular flexibility index (Phi) is 4.29. The molecule has 1 aromatic heterocycles. The van der Waals surface area contributed by atoms with Crippen molar-refractivity contribution in [1.82, 2.24) is 20.1 Å². The molecule has 0 unspecified atom stereocenters. The number of aromatic amines is 1. The molecule has 2 heterocycles. The summed E-state index contributed by atoms with van der Waals surface area (Å²) in [5, 5.41) is 9.86. The normalized spacial score (nSPS) is 21.3. The van der Waals surface area contributed by atoms with Gasteiger partial charge < -0.3 is 15.0 Å². The van der Waals surface area contributed by atoms with Crippen molar-refractivity contribution in [3.63, 3.8) is 0 Å². The molecule has 7 nitrogen and oxygen atoms in total. The second kappa shape index (κ2) is 6.37. The minimum atomic E-state index is -0.103. The van der Waals surface area contributed by atoms with Crippen LogP contribution in [-0.4, -0.2) is 51.4 Å². The van der Waals surface area contributed by atoms with E-state index in [1.807, 2.05) is 45.0 Å². The van der Waals surface area contributed by atoms with Crippen LogP contribution in [0.3, 0.4) is 0 Å². The summed E-state index contributed by atoms with van der Waals surface area (Å²) in [6.45, 7) is 7.01. The molecule has 2 amide bonds. The Bertz CT molecular complexity index is 672. The molecule has 3 rings (SSSR count). The number of anilines is 1. The van der Waals surface area contributed by atoms with Gasteiger partial charge in [0.2, 0.25) is 0 Å². The Morgan fingerprint density at radius 3 is 2.48 bits per heavy atom. The molecule has 122 valence electrons. The van der Waals surface area contributed by atoms with Crippen molar-refractivity contribution < 1.29 is 9.53 Å². The molecule has 0 radical (unpaired) electrons. The van der Waals surface area contributed by atoms with Gasteiger partial charge in [-0.3, -0.25) is 5.10 Å². The predicted octanol–water partition coefficient (Wildman–Crippen LogP) is 2.42. The van der Waals surface area contributed by atoms with E-state index in [9.17, 15) is 4.79 Å². The zero-order valence-electron chi connectivity index (χ0n) is 13.5. The number of hydrogen-bond donors (Lipinski definition) is 2. The molecule has 2 atom stereocenters. The Morgan fingerprint density at radius 1 is 1.26 bits per heavy atom. The summed E-state index contributed by atoms with van der Waals surface area (Å²) in [5.41, 5.74) is 1.65. The molecule has 1 saturated heterocycles. The number of ether oxygens (including phenoxy) is 1. The third kappa shape index (κ3) is 3.68. The van der Waals surface area contributed by atoms with Gasteiger partial charge in [-0.1, -0.05) is 0 Å². The maximum atomic E-state index is 12.3. The van der Waals surface area contributed by atoms with E-state index in [1.165, 1.54) is 0 Å². The SMILES string of the molecule is Cc1nc(-c2ccc(NC(=O)N3C[C@@H](C)O[C@H](C)C3)cc2)n[nH]1. The number of carbonyl (C=O) groups is 1. The van der Waals surface area contributed by atoms with Crippen molar-refractivity contribution in [1.29, 1.82) is 0 Å². The first-order valence-electron chi connectivity index (χ1n) is 7.72. The maximum Gasteiger partial charge on any atom is 0.322 e. The van der Waals surface area contributed by atoms with E-state index < -0.39 is 0 Å². The van der Waals surface area contributed by atoms with Crippen LogP contribution in [0.1, 0.15) is 19.7 Å². The van der Waals surface area contributed by atoms with Crippen LogP contribution in [0.15, 0.2) is 24.3 Å². The van der Waals surface area contributed by atoms with E-state index >= 15 is 0 Å². The topological polar surface area (TPSA) is 83.1 Å². The van der Waals surface area contributed by atoms with E-state index in [1.54, 1.807) is 4.90 Å². The van der Waals surface area contributed by atoms with Crippen LogP contribution in [0.25, 0.3) is 11.4 Å². The fraction of sp³-hybridized carbons (Fsp3) is 0.438. The first-order valence-corrected chi connectivity index (χ1v) is 7.72. The van der Waals surface area contributed by atoms with Gasteiger partial charge in [0.1, 0.15) is 5.82 Å². The minimum absolute atomic E-state index is 0.0563. The molecular formula is C16H21N5O2. The standard InChI is InChI=1S/C16H21N5O2/c1-10-8-21(9-11(2)23-10)16(22)18-14-6-4-13(5-7-14)15-17-12(3)19-20-15/h4-7,10-11H,8-9H2,1-3H3,(H,18,22)(H,17,19,20)/t10-,11-/m1/s1. The molecule has 0 saturated carbocycles. The van der Waals surface area contributed by atoms with Crippen LogP contribution in [0.4, 0.5) is 10.5 Å². The number of aryl methyl sites for hydroxylation is 1. The fourth-order valence-corrected chi connectivity index (χ4v) is 2.72. The molecule has 1 fully saturated rings. The Balaban J connectivity index is 1.65. The second-order valence-corrected chi connectivity index (χ2v) is 5.91. The molecule has 2 aromatic rings. The lowest BCUT2D eigenvalue weighted by Crippen LogP contribution is -2.49. The number of nitrogens with zero attached hydrogens (tertiary/aromatic N) is 3. The van der Waals surface area contributed by atoms with E-state index in [4.69, 9.17) is 4.74 Å². The Morgan fingerprint density at radius 2 is 1.91 bits per heavy atom. The van der Waals surface area contributed by atoms with E-state index in [2.05, 4.69) is 20.5 Å². The molecule has 1 aliphatic rings. The highest BCUT2D eigenvalue weighted by Crippen LogP contribution is 2.19. The number of H-pyrrole nitrogens is 1. The average molecular weight is 315 g/mol. The number of nitrogens with one attached hydrogen (secondary N) is 2. The van der Waals surface area contributed by atoms with Gasteiger partial charge in [0.05, 0.1) is 12.2 Å². The summed E-state index contributed by atoms with van der Waals surface area (Å²) in [6, 6.07) is 7.39. The highest BCUT2D eigenvalue weighted by atomic mass is 16.5. The summed E-state index contributed by atoms with van der Waals surface area (Å²) < 4.78 is 5.64. The second-order valence-electron chi connectivity index (χ2n) is 5.91. The molecule has 1 aliphatic heterocycles. The number of urea groups is 1. The van der Waals surface area contributed by atoms with Crippen molar-refractivity contribution in [3.05, 3.63) is 30.1 Å². The Labute approximate surface area is 135 Å². The minimum Gasteiger partial charge on any atom is -0.372 e. The highest BCUT2D eigenvalue weighted by molar-refractivity contribution is 5.89. The third-order valence-corrected chi connectivity index (χ3v) is 3.70. The molecule has 1 aromatic carbocycles. The molecular weight excluding hydrogens is 294 g/mol. The van der Waals surface area contributed by atoms with Gasteiger partial charge in [-0.05, 0) is 45.0 Å². The maximum absolute atomic E-state index is 12.3. The van der Waals surface area contributed by atoms with Gasteiger partial charge in [-0.2, -0.15) is 5.10 Å². The van der Waals surface area contributed by atoms with Gasteiger partial charge in [-0.15, -0.1) is 0 Å². The number of hydrogen-bond acceptors (Lipinski definition) is 4. The monoisotopic (exact) mass is 315 g/mol. The van der Waals surface area contributed by atoms with Gasteiger partial charge in [0.25, 0.3) is 0 Å². The van der Waals surface area contributed by atoms with Gasteiger partial charge in [0, 0.05) is 24.3 Å². The first kappa shape index (κ1) is 15.5. The fourth-order valence-electron chi connectivity index (χ4n) is 2.72. The van der Waals surface area contributed by atoms with Crippen molar-refractivity contribution in [3.8, 4) is 11.4 Å². The largest absolute Gasteiger partial charge is 0.372 e. The van der Waals surface area contributed by atoms with Crippen LogP contribution < -0.4 is 5.32 Å². The lowest BCUT2D eigenvalue weighted by molar-refractivity contribution is -0.0530. The number of morpholine rings is 1. The summed E-state index contributed by atoms with van der Waals surface area (Å²) >= 11 is 0. The molecule has 7 heteroatoms. The van der Waals surface area contributed by atoms with Crippen molar-refractivity contribution >= 4 is 11.7 Å². The Hall–Kier alpha value is -2.41. The average Bonchev–Trinajstić information content (AvgIpc) is 2.93. The zero-order valence-corrected chi connectivity index (χ0v) is 13.5. The van der Waals surface area contributed by atoms with Gasteiger partial charge in [0.15, 0.2) is 5.82 Å². The van der Waals surface area contributed by atoms with Crippen molar-refractivity contribution in [2.45, 2.75) is 33.0 Å². The van der Waals surface area contributed by atoms with Crippen LogP contribution in [0, 0.1) is 6.92 Å². The lowest BCUT2D eigenvalue weighted by atomic mass is 10.2. The lowest BCUT2D eigenvalue weighted by Gasteiger charge is -2.35. The quantitative estimate of drug-likeness (QED) is 0.891. The number of amides is 2. The van der Waals surface area contributed by atoms with E-state index in [-0.39, 0.29) is 18.2 Å². The smallest absolute Gasteiger partial charge is 0.322 e. The van der Waals surface area contributed by atoms with E-state index in [0.717, 1.165) is 17.1 Å². The number of benzene rings is 1. The number of rotatable bonds is 2. The van der Waals surface area contributed by atoms with Gasteiger partial charge >= 0.3 is 6.03 Å². The first-order chi connectivity index (χ1) is 11.0. The predicted molar refractivity (Wildman–Crippen MR) is 87.2 cm³/mol. The third-order valence-electron chi connectivity index (χ3n) is 3.70. The molecule has 0 spiro atoms. The highest BCUT2D eigenvalue weighted by Gasteiger charge is 2.25. The van der Waals surface area contributed by atoms with Crippen LogP contribution in [0.2, 0.25) is 0 Å². The van der Waals surface area contributed by atoms with Gasteiger partial charge in [-0.25, -0.2) is 9.78 Å². The molecule has 0 bridgehead atoms. The van der Waals surface area contributed by atoms with E-state index in [0.29, 0.717) is 18.9 Å². The van der Waals surface area contributed by atoms with Crippen molar-refractivity contribution in [2.24, 2.45) is 0 Å². The van der Waals surface area contributed by atoms with Crippen molar-refractivity contribution in [2.75, 3.05) is 18.4 Å². The zero-order chi connectivity index (χ0) is 16.4. The molecule has 23 heavy (non-hydrogen) atoms. The molecule has 0 aliphatic carbocycles. The van der Waals surface area contributed by atoms with Crippen LogP contribution in [0.5, 0.6) is 0 Å².